The molecular formula is C42H76O14P2. The first-order chi connectivity index (χ1) is 27.8. The molecule has 1 fully saturated rings. The van der Waals surface area contributed by atoms with Gasteiger partial charge in [-0.2, -0.15) is 0 Å². The van der Waals surface area contributed by atoms with Gasteiger partial charge < -0.3 is 34.0 Å². The maximum absolute atomic E-state index is 12.7. The van der Waals surface area contributed by atoms with E-state index in [2.05, 4.69) is 59.4 Å². The van der Waals surface area contributed by atoms with Crippen LogP contribution in [0.2, 0.25) is 0 Å². The lowest BCUT2D eigenvalue weighted by Crippen LogP contribution is -2.30. The Labute approximate surface area is 348 Å². The highest BCUT2D eigenvalue weighted by atomic mass is 31.2. The number of ether oxygens (including phenoxy) is 3. The molecule has 0 aromatic heterocycles. The summed E-state index contributed by atoms with van der Waals surface area (Å²) in [6.07, 6.45) is 34.4. The third kappa shape index (κ3) is 35.1. The fourth-order valence-corrected chi connectivity index (χ4v) is 7.18. The van der Waals surface area contributed by atoms with Crippen LogP contribution in [0.15, 0.2) is 36.5 Å². The standard InChI is InChI=1S/C42H76O14P2/c1-3-5-7-9-11-13-15-17-19-21-23-25-27-31-41(44)51-35-38(36-54-58(49,50)53-34-37(43)33-52-57(46,47)48)55-42(45)32-28-30-40-39(56-40)29-26-24-22-20-18-16-14-12-10-8-6-4-2/h12,14,18,20,24,26,37-40,43H,3-11,13,15-17,19,21-23,25,27-36H2,1-2H3,(H,49,50)(H2,46,47,48)/b14-12-,20-18-,26-24-/t37-,38+,39?,40?/m0/s1. The number of phosphoric ester groups is 2. The van der Waals surface area contributed by atoms with Gasteiger partial charge in [-0.3, -0.25) is 23.2 Å². The van der Waals surface area contributed by atoms with E-state index in [0.717, 1.165) is 44.9 Å². The molecule has 1 heterocycles. The molecule has 0 amide bonds. The molecule has 1 saturated heterocycles. The number of hydrogen-bond acceptors (Lipinski definition) is 11. The Hall–Kier alpha value is -1.70. The van der Waals surface area contributed by atoms with Gasteiger partial charge in [0, 0.05) is 12.8 Å². The van der Waals surface area contributed by atoms with Crippen LogP contribution in [-0.4, -0.2) is 82.6 Å². The molecule has 0 bridgehead atoms. The van der Waals surface area contributed by atoms with Gasteiger partial charge in [0.2, 0.25) is 0 Å². The normalized spacial score (nSPS) is 17.9. The van der Waals surface area contributed by atoms with E-state index in [1.807, 2.05) is 0 Å². The third-order valence-electron chi connectivity index (χ3n) is 9.45. The van der Waals surface area contributed by atoms with Gasteiger partial charge in [-0.05, 0) is 51.4 Å². The molecule has 0 aliphatic carbocycles. The van der Waals surface area contributed by atoms with Crippen LogP contribution >= 0.6 is 15.6 Å². The van der Waals surface area contributed by atoms with E-state index >= 15 is 0 Å². The number of unbranched alkanes of at least 4 members (excludes halogenated alkanes) is 15. The zero-order valence-corrected chi connectivity index (χ0v) is 37.1. The van der Waals surface area contributed by atoms with E-state index in [1.54, 1.807) is 0 Å². The van der Waals surface area contributed by atoms with Crippen molar-refractivity contribution < 1.29 is 66.3 Å². The highest BCUT2D eigenvalue weighted by Gasteiger charge is 2.37. The molecule has 0 radical (unpaired) electrons. The summed E-state index contributed by atoms with van der Waals surface area (Å²) in [6, 6.07) is 0. The van der Waals surface area contributed by atoms with E-state index in [4.69, 9.17) is 28.5 Å². The van der Waals surface area contributed by atoms with Crippen LogP contribution in [-0.2, 0) is 46.5 Å². The lowest BCUT2D eigenvalue weighted by atomic mass is 10.0. The largest absolute Gasteiger partial charge is 0.472 e. The smallest absolute Gasteiger partial charge is 0.462 e. The predicted octanol–water partition coefficient (Wildman–Crippen LogP) is 9.88. The lowest BCUT2D eigenvalue weighted by Gasteiger charge is -2.20. The average Bonchev–Trinajstić information content (AvgIpc) is 3.93. The Morgan fingerprint density at radius 3 is 1.74 bits per heavy atom. The summed E-state index contributed by atoms with van der Waals surface area (Å²) in [6.45, 7) is 1.65. The molecule has 1 aliphatic heterocycles. The molecule has 338 valence electrons. The number of esters is 2. The topological polar surface area (TPSA) is 208 Å². The van der Waals surface area contributed by atoms with E-state index < -0.39 is 66.2 Å². The Kier molecular flexibility index (Phi) is 32.7. The molecule has 1 aliphatic rings. The molecule has 14 nitrogen and oxygen atoms in total. The fourth-order valence-electron chi connectivity index (χ4n) is 6.02. The Balaban J connectivity index is 2.42. The number of carbonyl (C=O) groups excluding carboxylic acids is 2. The van der Waals surface area contributed by atoms with Gasteiger partial charge in [0.15, 0.2) is 6.10 Å². The SMILES string of the molecule is CCCCC/C=C\C/C=C\C/C=C\CC1OC1CCCC(=O)O[C@H](COC(=O)CCCCCCCCCCCCCCC)COP(=O)(O)OC[C@@H](O)COP(=O)(O)O. The highest BCUT2D eigenvalue weighted by Crippen LogP contribution is 2.44. The van der Waals surface area contributed by atoms with Crippen molar-refractivity contribution in [2.45, 2.75) is 192 Å². The molecule has 3 unspecified atom stereocenters. The minimum absolute atomic E-state index is 0.0444. The summed E-state index contributed by atoms with van der Waals surface area (Å²) in [7, 11) is -9.70. The van der Waals surface area contributed by atoms with Crippen molar-refractivity contribution in [1.82, 2.24) is 0 Å². The van der Waals surface area contributed by atoms with Crippen LogP contribution in [0.5, 0.6) is 0 Å². The van der Waals surface area contributed by atoms with Gasteiger partial charge in [-0.1, -0.05) is 140 Å². The molecule has 0 saturated carbocycles. The van der Waals surface area contributed by atoms with E-state index in [9.17, 15) is 28.7 Å². The molecule has 0 aromatic rings. The van der Waals surface area contributed by atoms with Gasteiger partial charge in [0.05, 0.1) is 32.0 Å². The first-order valence-corrected chi connectivity index (χ1v) is 24.8. The van der Waals surface area contributed by atoms with E-state index in [0.29, 0.717) is 19.3 Å². The molecule has 58 heavy (non-hydrogen) atoms. The Bertz CT molecular complexity index is 1240. The predicted molar refractivity (Wildman–Crippen MR) is 225 cm³/mol. The molecule has 16 heteroatoms. The van der Waals surface area contributed by atoms with Gasteiger partial charge in [0.1, 0.15) is 12.7 Å². The fraction of sp³-hybridized carbons (Fsp3) is 0.810. The number of carbonyl (C=O) groups is 2. The van der Waals surface area contributed by atoms with Crippen LogP contribution < -0.4 is 0 Å². The number of aliphatic hydroxyl groups excluding tert-OH is 1. The third-order valence-corrected chi connectivity index (χ3v) is 10.9. The summed E-state index contributed by atoms with van der Waals surface area (Å²) < 4.78 is 53.5. The zero-order valence-electron chi connectivity index (χ0n) is 35.3. The molecule has 0 aromatic carbocycles. The first-order valence-electron chi connectivity index (χ1n) is 21.8. The summed E-state index contributed by atoms with van der Waals surface area (Å²) in [4.78, 5) is 52.8. The maximum atomic E-state index is 12.7. The zero-order chi connectivity index (χ0) is 42.7. The van der Waals surface area contributed by atoms with Crippen LogP contribution in [0.1, 0.15) is 168 Å². The molecule has 4 N–H and O–H groups in total. The monoisotopic (exact) mass is 866 g/mol. The second kappa shape index (κ2) is 35.0. The number of allylic oxidation sites excluding steroid dienone is 5. The minimum Gasteiger partial charge on any atom is -0.462 e. The average molecular weight is 867 g/mol. The lowest BCUT2D eigenvalue weighted by molar-refractivity contribution is -0.161. The van der Waals surface area contributed by atoms with Gasteiger partial charge in [0.25, 0.3) is 0 Å². The number of epoxide rings is 1. The van der Waals surface area contributed by atoms with Crippen molar-refractivity contribution in [3.63, 3.8) is 0 Å². The van der Waals surface area contributed by atoms with Crippen molar-refractivity contribution in [2.24, 2.45) is 0 Å². The summed E-state index contributed by atoms with van der Waals surface area (Å²) in [5.41, 5.74) is 0. The minimum atomic E-state index is -4.87. The Morgan fingerprint density at radius 2 is 1.12 bits per heavy atom. The second-order valence-corrected chi connectivity index (χ2v) is 17.7. The number of aliphatic hydroxyl groups is 1. The molecule has 5 atom stereocenters. The molecule has 1 rings (SSSR count). The van der Waals surface area contributed by atoms with E-state index in [1.165, 1.54) is 77.0 Å². The van der Waals surface area contributed by atoms with Crippen molar-refractivity contribution >= 4 is 27.6 Å². The highest BCUT2D eigenvalue weighted by molar-refractivity contribution is 7.47. The number of phosphoric acid groups is 2. The van der Waals surface area contributed by atoms with Crippen molar-refractivity contribution in [3.05, 3.63) is 36.5 Å². The van der Waals surface area contributed by atoms with E-state index in [-0.39, 0.29) is 25.0 Å². The van der Waals surface area contributed by atoms with Crippen LogP contribution in [0.25, 0.3) is 0 Å². The summed E-state index contributed by atoms with van der Waals surface area (Å²) >= 11 is 0. The van der Waals surface area contributed by atoms with Crippen LogP contribution in [0.4, 0.5) is 0 Å². The quantitative estimate of drug-likeness (QED) is 0.0149. The number of rotatable bonds is 40. The van der Waals surface area contributed by atoms with Crippen LogP contribution in [0.3, 0.4) is 0 Å². The van der Waals surface area contributed by atoms with Crippen molar-refractivity contribution in [3.8, 4) is 0 Å². The van der Waals surface area contributed by atoms with Gasteiger partial charge >= 0.3 is 27.6 Å². The second-order valence-electron chi connectivity index (χ2n) is 15.0. The summed E-state index contributed by atoms with van der Waals surface area (Å²) in [5, 5.41) is 9.75. The molecule has 0 spiro atoms. The first kappa shape index (κ1) is 54.3. The van der Waals surface area contributed by atoms with Crippen molar-refractivity contribution in [2.75, 3.05) is 26.4 Å². The van der Waals surface area contributed by atoms with Gasteiger partial charge in [-0.15, -0.1) is 0 Å². The van der Waals surface area contributed by atoms with Gasteiger partial charge in [-0.25, -0.2) is 9.13 Å². The van der Waals surface area contributed by atoms with Crippen LogP contribution in [0, 0.1) is 0 Å². The van der Waals surface area contributed by atoms with Crippen molar-refractivity contribution in [1.29, 1.82) is 0 Å². The summed E-state index contributed by atoms with van der Waals surface area (Å²) in [5.74, 6) is -1.10. The molecular weight excluding hydrogens is 790 g/mol. The maximum Gasteiger partial charge on any atom is 0.472 e. The number of hydrogen-bond donors (Lipinski definition) is 4. The Morgan fingerprint density at radius 1 is 0.603 bits per heavy atom.